The summed E-state index contributed by atoms with van der Waals surface area (Å²) in [6.07, 6.45) is -0.779. The average Bonchev–Trinajstić information content (AvgIpc) is 2.85. The Hall–Kier alpha value is -4.72. The van der Waals surface area contributed by atoms with Gasteiger partial charge < -0.3 is 10.1 Å². The van der Waals surface area contributed by atoms with E-state index in [1.807, 2.05) is 56.3 Å². The molecule has 0 unspecified atom stereocenters. The predicted molar refractivity (Wildman–Crippen MR) is 134 cm³/mol. The molecule has 35 heavy (non-hydrogen) atoms. The molecule has 4 rings (SSSR count). The summed E-state index contributed by atoms with van der Waals surface area (Å²) >= 11 is 0. The van der Waals surface area contributed by atoms with Crippen molar-refractivity contribution in [2.45, 2.75) is 19.9 Å². The molecule has 2 amide bonds. The molecule has 4 aromatic carbocycles. The molecule has 0 radical (unpaired) electrons. The van der Waals surface area contributed by atoms with E-state index >= 15 is 0 Å². The van der Waals surface area contributed by atoms with E-state index in [1.54, 1.807) is 18.2 Å². The fourth-order valence-corrected chi connectivity index (χ4v) is 3.81. The van der Waals surface area contributed by atoms with Crippen LogP contribution in [0.3, 0.4) is 0 Å². The summed E-state index contributed by atoms with van der Waals surface area (Å²) in [5, 5.41) is 18.5. The van der Waals surface area contributed by atoms with Crippen LogP contribution in [0, 0.1) is 17.0 Å². The molecule has 0 aliphatic heterocycles. The van der Waals surface area contributed by atoms with Crippen molar-refractivity contribution in [1.82, 2.24) is 5.32 Å². The Morgan fingerprint density at radius 2 is 1.66 bits per heavy atom. The van der Waals surface area contributed by atoms with Crippen LogP contribution in [0.25, 0.3) is 10.8 Å². The Kier molecular flexibility index (Phi) is 6.73. The van der Waals surface area contributed by atoms with Gasteiger partial charge in [-0.2, -0.15) is 0 Å². The number of non-ortho nitro benzene ring substituents is 1. The molecule has 0 heterocycles. The van der Waals surface area contributed by atoms with Gasteiger partial charge in [-0.05, 0) is 60.0 Å². The highest BCUT2D eigenvalue weighted by atomic mass is 16.6. The summed E-state index contributed by atoms with van der Waals surface area (Å²) in [7, 11) is 0. The Morgan fingerprint density at radius 1 is 0.943 bits per heavy atom. The Morgan fingerprint density at radius 3 is 2.40 bits per heavy atom. The maximum Gasteiger partial charge on any atom is 0.417 e. The number of carbonyl (C=O) groups is 2. The van der Waals surface area contributed by atoms with Crippen molar-refractivity contribution in [3.63, 3.8) is 0 Å². The quantitative estimate of drug-likeness (QED) is 0.260. The van der Waals surface area contributed by atoms with Gasteiger partial charge in [-0.15, -0.1) is 0 Å². The average molecular weight is 469 g/mol. The highest BCUT2D eigenvalue weighted by molar-refractivity contribution is 5.98. The first-order chi connectivity index (χ1) is 16.8. The van der Waals surface area contributed by atoms with Gasteiger partial charge in [-0.1, -0.05) is 48.5 Å². The van der Waals surface area contributed by atoms with Crippen LogP contribution in [0.2, 0.25) is 0 Å². The molecule has 0 aliphatic rings. The smallest absolute Gasteiger partial charge is 0.410 e. The number of nitrogens with zero attached hydrogens (tertiary/aromatic N) is 1. The van der Waals surface area contributed by atoms with Crippen LogP contribution in [0.15, 0.2) is 84.9 Å². The number of benzene rings is 4. The topological polar surface area (TPSA) is 111 Å². The van der Waals surface area contributed by atoms with E-state index < -0.39 is 11.0 Å². The second-order valence-electron chi connectivity index (χ2n) is 8.06. The van der Waals surface area contributed by atoms with Crippen molar-refractivity contribution in [3.05, 3.63) is 112 Å². The molecule has 0 spiro atoms. The third kappa shape index (κ3) is 5.44. The highest BCUT2D eigenvalue weighted by Gasteiger charge is 2.17. The molecule has 4 aromatic rings. The molecule has 2 N–H and O–H groups in total. The molecule has 1 atom stereocenters. The molecule has 0 aromatic heterocycles. The minimum atomic E-state index is -0.779. The van der Waals surface area contributed by atoms with Crippen molar-refractivity contribution in [2.75, 3.05) is 5.32 Å². The maximum atomic E-state index is 13.1. The van der Waals surface area contributed by atoms with Crippen LogP contribution >= 0.6 is 0 Å². The summed E-state index contributed by atoms with van der Waals surface area (Å²) in [6.45, 7) is 3.75. The maximum absolute atomic E-state index is 13.1. The van der Waals surface area contributed by atoms with Gasteiger partial charge in [-0.25, -0.2) is 4.79 Å². The number of nitro groups is 1. The second kappa shape index (κ2) is 10.0. The number of nitro benzene ring substituents is 1. The standard InChI is InChI=1S/C27H23N3O5/c1-17-10-11-20(29-27(32)35-22-14-12-21(13-15-22)30(33)34)16-25(17)26(31)28-18(2)23-9-5-7-19-6-3-4-8-24(19)23/h3-16,18H,1-2H3,(H,28,31)(H,29,32)/t18-/m1/s1. The highest BCUT2D eigenvalue weighted by Crippen LogP contribution is 2.25. The molecule has 8 nitrogen and oxygen atoms in total. The molecule has 0 fully saturated rings. The van der Waals surface area contributed by atoms with Gasteiger partial charge in [0.25, 0.3) is 11.6 Å². The van der Waals surface area contributed by atoms with Crippen LogP contribution in [-0.2, 0) is 0 Å². The van der Waals surface area contributed by atoms with Gasteiger partial charge in [0.1, 0.15) is 5.75 Å². The number of anilines is 1. The minimum Gasteiger partial charge on any atom is -0.410 e. The van der Waals surface area contributed by atoms with Crippen LogP contribution in [0.1, 0.15) is 34.5 Å². The molecular weight excluding hydrogens is 446 g/mol. The molecule has 8 heteroatoms. The first-order valence-electron chi connectivity index (χ1n) is 10.9. The van der Waals surface area contributed by atoms with Crippen molar-refractivity contribution < 1.29 is 19.2 Å². The predicted octanol–water partition coefficient (Wildman–Crippen LogP) is 6.16. The Bertz CT molecular complexity index is 1410. The number of nitrogens with one attached hydrogen (secondary N) is 2. The number of rotatable bonds is 6. The summed E-state index contributed by atoms with van der Waals surface area (Å²) < 4.78 is 5.17. The lowest BCUT2D eigenvalue weighted by Gasteiger charge is -2.18. The third-order valence-corrected chi connectivity index (χ3v) is 5.62. The summed E-state index contributed by atoms with van der Waals surface area (Å²) in [4.78, 5) is 35.6. The monoisotopic (exact) mass is 469 g/mol. The fourth-order valence-electron chi connectivity index (χ4n) is 3.81. The van der Waals surface area contributed by atoms with E-state index in [9.17, 15) is 19.7 Å². The zero-order chi connectivity index (χ0) is 24.9. The van der Waals surface area contributed by atoms with Gasteiger partial charge in [0, 0.05) is 23.4 Å². The van der Waals surface area contributed by atoms with Gasteiger partial charge in [-0.3, -0.25) is 20.2 Å². The summed E-state index contributed by atoms with van der Waals surface area (Å²) in [6, 6.07) is 23.9. The largest absolute Gasteiger partial charge is 0.417 e. The van der Waals surface area contributed by atoms with Crippen molar-refractivity contribution >= 4 is 34.1 Å². The van der Waals surface area contributed by atoms with E-state index in [0.29, 0.717) is 11.3 Å². The van der Waals surface area contributed by atoms with Gasteiger partial charge in [0.05, 0.1) is 11.0 Å². The molecule has 176 valence electrons. The molecule has 0 aliphatic carbocycles. The lowest BCUT2D eigenvalue weighted by molar-refractivity contribution is -0.384. The normalized spacial score (nSPS) is 11.5. The summed E-state index contributed by atoms with van der Waals surface area (Å²) in [5.74, 6) is -0.114. The molecule has 0 bridgehead atoms. The van der Waals surface area contributed by atoms with E-state index in [2.05, 4.69) is 10.6 Å². The molecule has 0 saturated heterocycles. The fraction of sp³-hybridized carbons (Fsp3) is 0.111. The molecule has 0 saturated carbocycles. The van der Waals surface area contributed by atoms with E-state index in [0.717, 1.165) is 21.9 Å². The van der Waals surface area contributed by atoms with Crippen molar-refractivity contribution in [1.29, 1.82) is 0 Å². The number of ether oxygens (including phenoxy) is 1. The van der Waals surface area contributed by atoms with E-state index in [-0.39, 0.29) is 23.4 Å². The number of hydrogen-bond donors (Lipinski definition) is 2. The Labute approximate surface area is 201 Å². The SMILES string of the molecule is Cc1ccc(NC(=O)Oc2ccc([N+](=O)[O-])cc2)cc1C(=O)N[C@H](C)c1cccc2ccccc12. The minimum absolute atomic E-state index is 0.107. The number of amides is 2. The van der Waals surface area contributed by atoms with E-state index in [4.69, 9.17) is 4.74 Å². The number of fused-ring (bicyclic) bond motifs is 1. The zero-order valence-corrected chi connectivity index (χ0v) is 19.1. The lowest BCUT2D eigenvalue weighted by atomic mass is 9.99. The first kappa shape index (κ1) is 23.4. The number of hydrogen-bond acceptors (Lipinski definition) is 5. The molecular formula is C27H23N3O5. The van der Waals surface area contributed by atoms with Crippen LogP contribution in [-0.4, -0.2) is 16.9 Å². The number of carbonyl (C=O) groups excluding carboxylic acids is 2. The van der Waals surface area contributed by atoms with Crippen LogP contribution in [0.4, 0.5) is 16.2 Å². The van der Waals surface area contributed by atoms with Gasteiger partial charge >= 0.3 is 6.09 Å². The Balaban J connectivity index is 1.46. The number of aryl methyl sites for hydroxylation is 1. The zero-order valence-electron chi connectivity index (χ0n) is 19.1. The lowest BCUT2D eigenvalue weighted by Crippen LogP contribution is -2.27. The second-order valence-corrected chi connectivity index (χ2v) is 8.06. The third-order valence-electron chi connectivity index (χ3n) is 5.62. The van der Waals surface area contributed by atoms with Crippen molar-refractivity contribution in [3.8, 4) is 5.75 Å². The van der Waals surface area contributed by atoms with Crippen LogP contribution < -0.4 is 15.4 Å². The van der Waals surface area contributed by atoms with E-state index in [1.165, 1.54) is 24.3 Å². The van der Waals surface area contributed by atoms with Crippen molar-refractivity contribution in [2.24, 2.45) is 0 Å². The van der Waals surface area contributed by atoms with Gasteiger partial charge in [0.2, 0.25) is 0 Å². The van der Waals surface area contributed by atoms with Crippen LogP contribution in [0.5, 0.6) is 5.75 Å². The summed E-state index contributed by atoms with van der Waals surface area (Å²) in [5.41, 5.74) is 2.46. The first-order valence-corrected chi connectivity index (χ1v) is 10.9. The van der Waals surface area contributed by atoms with Gasteiger partial charge in [0.15, 0.2) is 0 Å².